The first kappa shape index (κ1) is 19.9. The molecule has 2 aromatic carbocycles. The van der Waals surface area contributed by atoms with Crippen LogP contribution >= 0.6 is 0 Å². The van der Waals surface area contributed by atoms with Crippen molar-refractivity contribution in [2.45, 2.75) is 6.18 Å². The van der Waals surface area contributed by atoms with Gasteiger partial charge in [-0.2, -0.15) is 13.2 Å². The molecule has 0 aliphatic rings. The number of nitrogens with one attached hydrogen (secondary N) is 1. The van der Waals surface area contributed by atoms with Crippen LogP contribution in [0.3, 0.4) is 0 Å². The number of likely N-dealkylation sites (N-methyl/N-ethyl adjacent to an activating group) is 1. The second kappa shape index (κ2) is 7.85. The Morgan fingerprint density at radius 2 is 1.81 bits per heavy atom. The molecule has 2 rings (SSSR count). The average molecular weight is 381 g/mol. The summed E-state index contributed by atoms with van der Waals surface area (Å²) in [6.45, 7) is -0.534. The lowest BCUT2D eigenvalue weighted by atomic mass is 10.1. The van der Waals surface area contributed by atoms with Gasteiger partial charge in [0.2, 0.25) is 5.91 Å². The highest BCUT2D eigenvalue weighted by Crippen LogP contribution is 2.34. The van der Waals surface area contributed by atoms with Crippen molar-refractivity contribution in [2.24, 2.45) is 0 Å². The molecule has 0 aliphatic carbocycles. The quantitative estimate of drug-likeness (QED) is 0.635. The molecule has 0 aromatic heterocycles. The Morgan fingerprint density at radius 3 is 2.44 bits per heavy atom. The van der Waals surface area contributed by atoms with E-state index in [1.54, 1.807) is 0 Å². The van der Waals surface area contributed by atoms with Gasteiger partial charge in [0.05, 0.1) is 22.7 Å². The van der Waals surface area contributed by atoms with Crippen molar-refractivity contribution in [2.75, 3.05) is 18.9 Å². The van der Waals surface area contributed by atoms with E-state index in [9.17, 15) is 32.9 Å². The number of alkyl halides is 3. The van der Waals surface area contributed by atoms with Crippen LogP contribution in [-0.4, -0.2) is 35.2 Å². The van der Waals surface area contributed by atoms with E-state index in [0.717, 1.165) is 23.1 Å². The number of non-ortho nitro benzene ring substituents is 1. The number of halogens is 3. The molecule has 10 heteroatoms. The Kier molecular flexibility index (Phi) is 5.78. The number of amides is 2. The van der Waals surface area contributed by atoms with Gasteiger partial charge < -0.3 is 10.2 Å². The van der Waals surface area contributed by atoms with Gasteiger partial charge >= 0.3 is 6.18 Å². The minimum atomic E-state index is -4.64. The summed E-state index contributed by atoms with van der Waals surface area (Å²) in [4.78, 5) is 35.4. The number of hydrogen-bond donors (Lipinski definition) is 1. The van der Waals surface area contributed by atoms with Crippen molar-refractivity contribution in [3.8, 4) is 0 Å². The van der Waals surface area contributed by atoms with Crippen molar-refractivity contribution >= 4 is 23.2 Å². The zero-order valence-corrected chi connectivity index (χ0v) is 14.0. The van der Waals surface area contributed by atoms with E-state index >= 15 is 0 Å². The summed E-state index contributed by atoms with van der Waals surface area (Å²) in [5.41, 5.74) is -1.75. The molecule has 1 N–H and O–H groups in total. The number of rotatable bonds is 5. The molecule has 142 valence electrons. The number of hydrogen-bond acceptors (Lipinski definition) is 4. The maximum absolute atomic E-state index is 12.9. The maximum atomic E-state index is 12.9. The average Bonchev–Trinajstić information content (AvgIpc) is 2.60. The number of para-hydroxylation sites is 1. The van der Waals surface area contributed by atoms with Crippen LogP contribution in [0.15, 0.2) is 48.5 Å². The van der Waals surface area contributed by atoms with E-state index in [4.69, 9.17) is 0 Å². The van der Waals surface area contributed by atoms with Crippen LogP contribution in [0.25, 0.3) is 0 Å². The number of carbonyl (C=O) groups excluding carboxylic acids is 2. The first-order valence-corrected chi connectivity index (χ1v) is 7.55. The third kappa shape index (κ3) is 5.03. The summed E-state index contributed by atoms with van der Waals surface area (Å²) >= 11 is 0. The standard InChI is InChI=1S/C17H14F3N3O4/c1-22(16(25)11-5-4-6-12(9-11)23(26)27)10-15(24)21-14-8-3-2-7-13(14)17(18,19)20/h2-9H,10H2,1H3,(H,21,24). The van der Waals surface area contributed by atoms with Crippen molar-refractivity contribution < 1.29 is 27.7 Å². The van der Waals surface area contributed by atoms with Crippen LogP contribution in [0.2, 0.25) is 0 Å². The molecular formula is C17H14F3N3O4. The van der Waals surface area contributed by atoms with Gasteiger partial charge in [-0.3, -0.25) is 19.7 Å². The monoisotopic (exact) mass is 381 g/mol. The summed E-state index contributed by atoms with van der Waals surface area (Å²) in [6.07, 6.45) is -4.64. The largest absolute Gasteiger partial charge is 0.418 e. The minimum Gasteiger partial charge on any atom is -0.332 e. The van der Waals surface area contributed by atoms with E-state index in [1.165, 1.54) is 37.4 Å². The summed E-state index contributed by atoms with van der Waals surface area (Å²) in [5.74, 6) is -1.52. The van der Waals surface area contributed by atoms with E-state index in [0.29, 0.717) is 0 Å². The third-order valence-corrected chi connectivity index (χ3v) is 3.54. The van der Waals surface area contributed by atoms with Crippen molar-refractivity contribution in [1.82, 2.24) is 4.90 Å². The summed E-state index contributed by atoms with van der Waals surface area (Å²) in [7, 11) is 1.26. The van der Waals surface area contributed by atoms with Crippen LogP contribution in [0.4, 0.5) is 24.5 Å². The highest BCUT2D eigenvalue weighted by molar-refractivity contribution is 5.99. The maximum Gasteiger partial charge on any atom is 0.418 e. The Balaban J connectivity index is 2.09. The topological polar surface area (TPSA) is 92.6 Å². The van der Waals surface area contributed by atoms with Crippen LogP contribution in [0.1, 0.15) is 15.9 Å². The normalized spacial score (nSPS) is 11.0. The lowest BCUT2D eigenvalue weighted by molar-refractivity contribution is -0.384. The van der Waals surface area contributed by atoms with Crippen molar-refractivity contribution in [1.29, 1.82) is 0 Å². The van der Waals surface area contributed by atoms with Crippen molar-refractivity contribution in [3.05, 3.63) is 69.8 Å². The molecule has 0 spiro atoms. The fraction of sp³-hybridized carbons (Fsp3) is 0.176. The fourth-order valence-corrected chi connectivity index (χ4v) is 2.29. The third-order valence-electron chi connectivity index (χ3n) is 3.54. The van der Waals surface area contributed by atoms with Gasteiger partial charge in [-0.15, -0.1) is 0 Å². The van der Waals surface area contributed by atoms with Crippen LogP contribution in [0.5, 0.6) is 0 Å². The highest BCUT2D eigenvalue weighted by atomic mass is 19.4. The van der Waals surface area contributed by atoms with Gasteiger partial charge in [0.15, 0.2) is 0 Å². The number of anilines is 1. The number of benzene rings is 2. The van der Waals surface area contributed by atoms with Gasteiger partial charge in [0.25, 0.3) is 11.6 Å². The number of nitro groups is 1. The zero-order chi connectivity index (χ0) is 20.2. The van der Waals surface area contributed by atoms with Crippen LogP contribution in [0, 0.1) is 10.1 Å². The number of nitrogens with zero attached hydrogens (tertiary/aromatic N) is 2. The minimum absolute atomic E-state index is 0.0183. The van der Waals surface area contributed by atoms with Crippen LogP contribution in [-0.2, 0) is 11.0 Å². The fourth-order valence-electron chi connectivity index (χ4n) is 2.29. The predicted molar refractivity (Wildman–Crippen MR) is 90.1 cm³/mol. The Bertz CT molecular complexity index is 884. The molecule has 0 bridgehead atoms. The molecule has 2 aromatic rings. The second-order valence-corrected chi connectivity index (χ2v) is 5.56. The van der Waals surface area contributed by atoms with Gasteiger partial charge in [-0.1, -0.05) is 18.2 Å². The molecule has 7 nitrogen and oxygen atoms in total. The van der Waals surface area contributed by atoms with Crippen molar-refractivity contribution in [3.63, 3.8) is 0 Å². The lowest BCUT2D eigenvalue weighted by Crippen LogP contribution is -2.35. The summed E-state index contributed by atoms with van der Waals surface area (Å²) in [5, 5.41) is 12.9. The molecule has 0 saturated carbocycles. The lowest BCUT2D eigenvalue weighted by Gasteiger charge is -2.18. The highest BCUT2D eigenvalue weighted by Gasteiger charge is 2.33. The Hall–Kier alpha value is -3.43. The predicted octanol–water partition coefficient (Wildman–Crippen LogP) is 3.32. The molecule has 0 heterocycles. The van der Waals surface area contributed by atoms with E-state index in [-0.39, 0.29) is 11.3 Å². The Morgan fingerprint density at radius 1 is 1.15 bits per heavy atom. The summed E-state index contributed by atoms with van der Waals surface area (Å²) < 4.78 is 38.8. The van der Waals surface area contributed by atoms with Crippen LogP contribution < -0.4 is 5.32 Å². The first-order chi connectivity index (χ1) is 12.6. The molecule has 0 unspecified atom stereocenters. The second-order valence-electron chi connectivity index (χ2n) is 5.56. The zero-order valence-electron chi connectivity index (χ0n) is 14.0. The summed E-state index contributed by atoms with van der Waals surface area (Å²) in [6, 6.07) is 9.37. The molecule has 0 saturated heterocycles. The molecule has 0 radical (unpaired) electrons. The number of nitro benzene ring substituents is 1. The molecule has 0 atom stereocenters. The van der Waals surface area contributed by atoms with E-state index in [2.05, 4.69) is 5.32 Å². The first-order valence-electron chi connectivity index (χ1n) is 7.55. The molecule has 0 fully saturated rings. The van der Waals surface area contributed by atoms with Gasteiger partial charge in [0, 0.05) is 24.7 Å². The molecule has 27 heavy (non-hydrogen) atoms. The van der Waals surface area contributed by atoms with Gasteiger partial charge in [-0.05, 0) is 18.2 Å². The SMILES string of the molecule is CN(CC(=O)Nc1ccccc1C(F)(F)F)C(=O)c1cccc([N+](=O)[O-])c1. The molecular weight excluding hydrogens is 367 g/mol. The Labute approximate surface area is 151 Å². The molecule has 2 amide bonds. The van der Waals surface area contributed by atoms with E-state index < -0.39 is 40.7 Å². The number of carbonyl (C=O) groups is 2. The van der Waals surface area contributed by atoms with E-state index in [1.807, 2.05) is 0 Å². The smallest absolute Gasteiger partial charge is 0.332 e. The van der Waals surface area contributed by atoms with Gasteiger partial charge in [0.1, 0.15) is 0 Å². The molecule has 0 aliphatic heterocycles. The van der Waals surface area contributed by atoms with Gasteiger partial charge in [-0.25, -0.2) is 0 Å².